The van der Waals surface area contributed by atoms with Gasteiger partial charge in [-0.1, -0.05) is 77.4 Å². The lowest BCUT2D eigenvalue weighted by atomic mass is 9.82. The number of carboxylic acids is 2. The van der Waals surface area contributed by atoms with Crippen molar-refractivity contribution in [3.63, 3.8) is 0 Å². The van der Waals surface area contributed by atoms with Crippen LogP contribution in [0.1, 0.15) is 141 Å². The molecule has 0 unspecified atom stereocenters. The molecule has 2 fully saturated rings. The fraction of sp³-hybridized carbons (Fsp3) is 0.577. The SMILES string of the molecule is C=CC(=O)OCCCCCCCCCOc1ccc(O)cc1.C=CC(=O)OCCCCCCCCCOc1ccc(OC(=O)C2CCC(C(=O)O)CC2)cc1.O=COC1CCC(C(=O)O)CC1. The highest BCUT2D eigenvalue weighted by molar-refractivity contribution is 5.81. The van der Waals surface area contributed by atoms with E-state index in [-0.39, 0.29) is 47.5 Å². The highest BCUT2D eigenvalue weighted by Crippen LogP contribution is 2.31. The van der Waals surface area contributed by atoms with Gasteiger partial charge in [-0.15, -0.1) is 0 Å². The van der Waals surface area contributed by atoms with E-state index in [0.29, 0.717) is 90.0 Å². The number of phenolic OH excluding ortho intramolecular Hbond substituents is 1. The molecule has 2 aliphatic rings. The molecule has 0 radical (unpaired) electrons. The van der Waals surface area contributed by atoms with Crippen LogP contribution in [0.5, 0.6) is 23.0 Å². The van der Waals surface area contributed by atoms with Gasteiger partial charge < -0.3 is 43.7 Å². The maximum absolute atomic E-state index is 12.3. The Kier molecular flexibility index (Phi) is 31.0. The van der Waals surface area contributed by atoms with Crippen molar-refractivity contribution in [3.05, 3.63) is 73.8 Å². The number of carbonyl (C=O) groups is 6. The molecule has 15 nitrogen and oxygen atoms in total. The lowest BCUT2D eigenvalue weighted by Crippen LogP contribution is -2.28. The van der Waals surface area contributed by atoms with Gasteiger partial charge in [0.05, 0.1) is 44.2 Å². The first-order chi connectivity index (χ1) is 32.4. The number of carbonyl (C=O) groups excluding carboxylic acids is 4. The molecule has 0 atom stereocenters. The van der Waals surface area contributed by atoms with Crippen molar-refractivity contribution >= 4 is 36.3 Å². The Morgan fingerprint density at radius 2 is 0.836 bits per heavy atom. The average Bonchev–Trinajstić information content (AvgIpc) is 3.34. The molecule has 3 N–H and O–H groups in total. The molecule has 2 aliphatic carbocycles. The number of benzene rings is 2. The summed E-state index contributed by atoms with van der Waals surface area (Å²) in [5, 5.41) is 26.9. The molecule has 0 heterocycles. The Hall–Kier alpha value is -5.86. The second kappa shape index (κ2) is 36.3. The fourth-order valence-corrected chi connectivity index (χ4v) is 7.47. The second-order valence-corrected chi connectivity index (χ2v) is 16.7. The van der Waals surface area contributed by atoms with Gasteiger partial charge in [0, 0.05) is 12.2 Å². The zero-order valence-corrected chi connectivity index (χ0v) is 39.2. The van der Waals surface area contributed by atoms with Gasteiger partial charge in [0.25, 0.3) is 6.47 Å². The molecule has 0 amide bonds. The zero-order valence-electron chi connectivity index (χ0n) is 39.2. The van der Waals surface area contributed by atoms with Crippen LogP contribution >= 0.6 is 0 Å². The summed E-state index contributed by atoms with van der Waals surface area (Å²) in [6, 6.07) is 13.8. The van der Waals surface area contributed by atoms with E-state index in [1.54, 1.807) is 48.5 Å². The van der Waals surface area contributed by atoms with Crippen molar-refractivity contribution in [1.29, 1.82) is 0 Å². The van der Waals surface area contributed by atoms with Gasteiger partial charge in [0.2, 0.25) is 0 Å². The van der Waals surface area contributed by atoms with Gasteiger partial charge in [0.1, 0.15) is 29.1 Å². The van der Waals surface area contributed by atoms with Gasteiger partial charge in [-0.05, 0) is 126 Å². The van der Waals surface area contributed by atoms with Crippen LogP contribution in [0.15, 0.2) is 73.8 Å². The number of rotatable bonds is 30. The van der Waals surface area contributed by atoms with Crippen LogP contribution in [0.4, 0.5) is 0 Å². The Labute approximate surface area is 396 Å². The lowest BCUT2D eigenvalue weighted by molar-refractivity contribution is -0.146. The van der Waals surface area contributed by atoms with Crippen LogP contribution in [-0.4, -0.2) is 84.2 Å². The molecule has 0 saturated heterocycles. The summed E-state index contributed by atoms with van der Waals surface area (Å²) in [6.07, 6.45) is 22.3. The lowest BCUT2D eigenvalue weighted by Gasteiger charge is -2.24. The van der Waals surface area contributed by atoms with E-state index in [1.165, 1.54) is 31.4 Å². The maximum atomic E-state index is 12.3. The number of carboxylic acid groups (broad SMARTS) is 2. The normalized spacial score (nSPS) is 17.3. The van der Waals surface area contributed by atoms with Crippen molar-refractivity contribution < 1.29 is 72.5 Å². The van der Waals surface area contributed by atoms with Crippen molar-refractivity contribution in [2.75, 3.05) is 26.4 Å². The Balaban J connectivity index is 0.000000387. The number of unbranched alkanes of at least 4 members (excludes halogenated alkanes) is 12. The molecule has 0 aromatic heterocycles. The molecule has 2 saturated carbocycles. The van der Waals surface area contributed by atoms with E-state index < -0.39 is 11.9 Å². The predicted molar refractivity (Wildman–Crippen MR) is 252 cm³/mol. The van der Waals surface area contributed by atoms with Crippen LogP contribution < -0.4 is 14.2 Å². The van der Waals surface area contributed by atoms with Gasteiger partial charge in [-0.3, -0.25) is 19.2 Å². The van der Waals surface area contributed by atoms with E-state index in [0.717, 1.165) is 82.1 Å². The Morgan fingerprint density at radius 3 is 1.22 bits per heavy atom. The number of ether oxygens (including phenoxy) is 6. The summed E-state index contributed by atoms with van der Waals surface area (Å²) < 4.78 is 31.4. The Morgan fingerprint density at radius 1 is 0.493 bits per heavy atom. The van der Waals surface area contributed by atoms with Crippen molar-refractivity contribution in [1.82, 2.24) is 0 Å². The predicted octanol–water partition coefficient (Wildman–Crippen LogP) is 10.4. The summed E-state index contributed by atoms with van der Waals surface area (Å²) in [7, 11) is 0. The molecule has 0 bridgehead atoms. The molecule has 0 spiro atoms. The summed E-state index contributed by atoms with van der Waals surface area (Å²) in [5.41, 5.74) is 0. The molecule has 4 rings (SSSR count). The summed E-state index contributed by atoms with van der Waals surface area (Å²) in [4.78, 5) is 65.5. The quantitative estimate of drug-likeness (QED) is 0.0166. The number of phenols is 1. The Bertz CT molecular complexity index is 1710. The van der Waals surface area contributed by atoms with Crippen molar-refractivity contribution in [2.45, 2.75) is 147 Å². The van der Waals surface area contributed by atoms with Crippen LogP contribution in [0.25, 0.3) is 0 Å². The minimum absolute atomic E-state index is 0.0573. The molecule has 2 aromatic carbocycles. The van der Waals surface area contributed by atoms with Gasteiger partial charge >= 0.3 is 29.8 Å². The van der Waals surface area contributed by atoms with E-state index in [9.17, 15) is 28.8 Å². The topological polar surface area (TPSA) is 218 Å². The van der Waals surface area contributed by atoms with Crippen molar-refractivity contribution in [2.24, 2.45) is 17.8 Å². The van der Waals surface area contributed by atoms with Crippen LogP contribution in [0.2, 0.25) is 0 Å². The molecular formula is C52H74O15. The maximum Gasteiger partial charge on any atom is 0.330 e. The molecule has 15 heteroatoms. The van der Waals surface area contributed by atoms with Gasteiger partial charge in [0.15, 0.2) is 0 Å². The van der Waals surface area contributed by atoms with Gasteiger partial charge in [-0.2, -0.15) is 0 Å². The number of esters is 3. The minimum Gasteiger partial charge on any atom is -0.508 e. The third-order valence-corrected chi connectivity index (χ3v) is 11.5. The number of hydrogen-bond acceptors (Lipinski definition) is 13. The zero-order chi connectivity index (χ0) is 48.9. The van der Waals surface area contributed by atoms with E-state index in [4.69, 9.17) is 43.7 Å². The number of hydrogen-bond donors (Lipinski definition) is 3. The smallest absolute Gasteiger partial charge is 0.330 e. The van der Waals surface area contributed by atoms with Crippen LogP contribution in [0.3, 0.4) is 0 Å². The highest BCUT2D eigenvalue weighted by Gasteiger charge is 2.31. The summed E-state index contributed by atoms with van der Waals surface area (Å²) in [5.74, 6) is -1.04. The standard InChI is InChI=1S/C26H36O7.C18H26O4.C8H12O4/c1-2-24(27)32-19-9-7-5-3-4-6-8-18-31-22-14-16-23(17-15-22)33-26(30)21-12-10-20(11-13-21)25(28)29;1-2-18(20)22-15-9-7-5-3-4-6-8-14-21-17-12-10-16(19)11-13-17;9-5-12-7-3-1-6(2-4-7)8(10)11/h2,14-17,20-21H,1,3-13,18-19H2,(H,28,29);2,10-13,19H,1,3-9,14-15H2;5-7H,1-4H2,(H,10,11). The second-order valence-electron chi connectivity index (χ2n) is 16.7. The minimum atomic E-state index is -0.780. The largest absolute Gasteiger partial charge is 0.508 e. The summed E-state index contributed by atoms with van der Waals surface area (Å²) in [6.45, 7) is 9.46. The number of aromatic hydroxyl groups is 1. The first-order valence-electron chi connectivity index (χ1n) is 23.9. The van der Waals surface area contributed by atoms with Gasteiger partial charge in [-0.25, -0.2) is 9.59 Å². The third kappa shape index (κ3) is 28.0. The molecule has 67 heavy (non-hydrogen) atoms. The molecule has 0 aliphatic heterocycles. The third-order valence-electron chi connectivity index (χ3n) is 11.5. The van der Waals surface area contributed by atoms with E-state index >= 15 is 0 Å². The first-order valence-corrected chi connectivity index (χ1v) is 23.9. The van der Waals surface area contributed by atoms with Crippen molar-refractivity contribution in [3.8, 4) is 23.0 Å². The molecule has 372 valence electrons. The van der Waals surface area contributed by atoms with Crippen LogP contribution in [0, 0.1) is 17.8 Å². The van der Waals surface area contributed by atoms with E-state index in [1.807, 2.05) is 0 Å². The molecule has 2 aromatic rings. The average molecular weight is 939 g/mol. The number of aliphatic carboxylic acids is 2. The van der Waals surface area contributed by atoms with E-state index in [2.05, 4.69) is 13.2 Å². The molecular weight excluding hydrogens is 865 g/mol. The monoisotopic (exact) mass is 939 g/mol. The fourth-order valence-electron chi connectivity index (χ4n) is 7.47. The summed E-state index contributed by atoms with van der Waals surface area (Å²) >= 11 is 0. The first kappa shape index (κ1) is 57.3. The van der Waals surface area contributed by atoms with Crippen LogP contribution in [-0.2, 0) is 43.0 Å². The highest BCUT2D eigenvalue weighted by atomic mass is 16.5.